The number of sulfonamides is 1. The Morgan fingerprint density at radius 1 is 1.17 bits per heavy atom. The minimum atomic E-state index is -3.98. The molecule has 1 heterocycles. The van der Waals surface area contributed by atoms with Gasteiger partial charge in [0.15, 0.2) is 0 Å². The lowest BCUT2D eigenvalue weighted by Gasteiger charge is -2.26. The van der Waals surface area contributed by atoms with E-state index in [1.807, 2.05) is 0 Å². The summed E-state index contributed by atoms with van der Waals surface area (Å²) in [5.74, 6) is -0.937. The highest BCUT2D eigenvalue weighted by Gasteiger charge is 2.30. The zero-order valence-corrected chi connectivity index (χ0v) is 17.7. The molecule has 0 unspecified atom stereocenters. The first-order valence-corrected chi connectivity index (χ1v) is 10.9. The summed E-state index contributed by atoms with van der Waals surface area (Å²) >= 11 is 12.2. The molecule has 2 aromatic carbocycles. The van der Waals surface area contributed by atoms with Crippen LogP contribution in [0.5, 0.6) is 0 Å². The zero-order valence-electron chi connectivity index (χ0n) is 15.4. The van der Waals surface area contributed by atoms with Crippen LogP contribution in [0.3, 0.4) is 0 Å². The van der Waals surface area contributed by atoms with Gasteiger partial charge in [-0.15, -0.1) is 0 Å². The lowest BCUT2D eigenvalue weighted by atomic mass is 10.2. The van der Waals surface area contributed by atoms with E-state index in [0.29, 0.717) is 0 Å². The van der Waals surface area contributed by atoms with Gasteiger partial charge in [0, 0.05) is 19.2 Å². The van der Waals surface area contributed by atoms with E-state index in [1.54, 1.807) is 6.07 Å². The number of hydrogen-bond acceptors (Lipinski definition) is 7. The summed E-state index contributed by atoms with van der Waals surface area (Å²) in [5.41, 5.74) is -0.239. The Bertz CT molecular complexity index is 1090. The highest BCUT2D eigenvalue weighted by molar-refractivity contribution is 7.89. The molecule has 1 saturated heterocycles. The van der Waals surface area contributed by atoms with Crippen LogP contribution >= 0.6 is 23.2 Å². The number of nitro groups is 1. The Balaban J connectivity index is 1.87. The first-order chi connectivity index (χ1) is 14.2. The van der Waals surface area contributed by atoms with Gasteiger partial charge in [-0.2, -0.15) is 4.31 Å². The SMILES string of the molecule is O=C(OCc1ccccc1[N+](=O)[O-])c1cc(S(=O)(=O)N2CCOCC2)c(Cl)cc1Cl. The number of esters is 1. The smallest absolute Gasteiger partial charge is 0.340 e. The normalized spacial score (nSPS) is 15.0. The maximum absolute atomic E-state index is 12.9. The van der Waals surface area contributed by atoms with E-state index in [4.69, 9.17) is 32.7 Å². The largest absolute Gasteiger partial charge is 0.457 e. The van der Waals surface area contributed by atoms with Gasteiger partial charge in [-0.05, 0) is 18.2 Å². The monoisotopic (exact) mass is 474 g/mol. The number of para-hydroxylation sites is 1. The van der Waals surface area contributed by atoms with Crippen molar-refractivity contribution in [2.24, 2.45) is 0 Å². The zero-order chi connectivity index (χ0) is 21.9. The van der Waals surface area contributed by atoms with Crippen LogP contribution in [0.1, 0.15) is 15.9 Å². The molecule has 0 N–H and O–H groups in total. The predicted octanol–water partition coefficient (Wildman–Crippen LogP) is 3.28. The highest BCUT2D eigenvalue weighted by Crippen LogP contribution is 2.31. The molecule has 0 spiro atoms. The molecule has 2 aromatic rings. The summed E-state index contributed by atoms with van der Waals surface area (Å²) in [6.45, 7) is 0.405. The summed E-state index contributed by atoms with van der Waals surface area (Å²) in [4.78, 5) is 22.7. The van der Waals surface area contributed by atoms with E-state index in [-0.39, 0.29) is 64.7 Å². The molecule has 0 aromatic heterocycles. The van der Waals surface area contributed by atoms with Gasteiger partial charge in [-0.1, -0.05) is 35.3 Å². The molecular weight excluding hydrogens is 459 g/mol. The van der Waals surface area contributed by atoms with E-state index in [9.17, 15) is 23.3 Å². The van der Waals surface area contributed by atoms with Gasteiger partial charge in [0.1, 0.15) is 11.5 Å². The number of carbonyl (C=O) groups excluding carboxylic acids is 1. The fraction of sp³-hybridized carbons (Fsp3) is 0.278. The second-order valence-corrected chi connectivity index (χ2v) is 8.96. The van der Waals surface area contributed by atoms with Gasteiger partial charge in [-0.25, -0.2) is 13.2 Å². The fourth-order valence-electron chi connectivity index (χ4n) is 2.84. The molecule has 0 radical (unpaired) electrons. The van der Waals surface area contributed by atoms with Crippen molar-refractivity contribution >= 4 is 44.9 Å². The van der Waals surface area contributed by atoms with Crippen LogP contribution in [0.15, 0.2) is 41.3 Å². The number of hydrogen-bond donors (Lipinski definition) is 0. The molecule has 0 atom stereocenters. The van der Waals surface area contributed by atoms with Crippen molar-refractivity contribution in [2.45, 2.75) is 11.5 Å². The quantitative estimate of drug-likeness (QED) is 0.358. The lowest BCUT2D eigenvalue weighted by Crippen LogP contribution is -2.40. The minimum absolute atomic E-state index is 0.103. The van der Waals surface area contributed by atoms with Crippen molar-refractivity contribution < 1.29 is 27.6 Å². The summed E-state index contributed by atoms with van der Waals surface area (Å²) < 4.78 is 37.3. The summed E-state index contributed by atoms with van der Waals surface area (Å²) in [6, 6.07) is 7.99. The third-order valence-corrected chi connectivity index (χ3v) is 7.05. The summed E-state index contributed by atoms with van der Waals surface area (Å²) in [6.07, 6.45) is 0. The van der Waals surface area contributed by atoms with Gasteiger partial charge in [0.25, 0.3) is 5.69 Å². The Kier molecular flexibility index (Phi) is 6.94. The average molecular weight is 475 g/mol. The molecule has 0 saturated carbocycles. The van der Waals surface area contributed by atoms with Crippen LogP contribution in [0.4, 0.5) is 5.69 Å². The molecule has 0 amide bonds. The van der Waals surface area contributed by atoms with Crippen LogP contribution in [0, 0.1) is 10.1 Å². The van der Waals surface area contributed by atoms with E-state index >= 15 is 0 Å². The number of halogens is 2. The first-order valence-electron chi connectivity index (χ1n) is 8.68. The molecule has 1 aliphatic heterocycles. The predicted molar refractivity (Wildman–Crippen MR) is 108 cm³/mol. The van der Waals surface area contributed by atoms with Crippen molar-refractivity contribution in [1.82, 2.24) is 4.31 Å². The molecule has 0 bridgehead atoms. The Morgan fingerprint density at radius 3 is 2.50 bits per heavy atom. The van der Waals surface area contributed by atoms with Crippen LogP contribution in [-0.4, -0.2) is 49.9 Å². The Labute approximate surface area is 182 Å². The second-order valence-electron chi connectivity index (χ2n) is 6.24. The van der Waals surface area contributed by atoms with E-state index in [2.05, 4.69) is 0 Å². The molecule has 3 rings (SSSR count). The molecule has 0 aliphatic carbocycles. The van der Waals surface area contributed by atoms with Crippen LogP contribution in [0.2, 0.25) is 10.0 Å². The number of nitrogens with zero attached hydrogens (tertiary/aromatic N) is 2. The van der Waals surface area contributed by atoms with Crippen molar-refractivity contribution in [2.75, 3.05) is 26.3 Å². The molecule has 1 aliphatic rings. The van der Waals surface area contributed by atoms with Gasteiger partial charge in [-0.3, -0.25) is 10.1 Å². The number of rotatable bonds is 6. The minimum Gasteiger partial charge on any atom is -0.457 e. The van der Waals surface area contributed by atoms with E-state index in [1.165, 1.54) is 22.5 Å². The van der Waals surface area contributed by atoms with Crippen LogP contribution in [-0.2, 0) is 26.1 Å². The molecule has 30 heavy (non-hydrogen) atoms. The number of carbonyl (C=O) groups is 1. The van der Waals surface area contributed by atoms with Crippen molar-refractivity contribution in [3.8, 4) is 0 Å². The maximum atomic E-state index is 12.9. The maximum Gasteiger partial charge on any atom is 0.340 e. The molecule has 9 nitrogen and oxygen atoms in total. The Morgan fingerprint density at radius 2 is 1.83 bits per heavy atom. The molecule has 1 fully saturated rings. The molecular formula is C18H16Cl2N2O7S. The van der Waals surface area contributed by atoms with Crippen LogP contribution < -0.4 is 0 Å². The summed E-state index contributed by atoms with van der Waals surface area (Å²) in [5, 5.41) is 10.8. The molecule has 160 valence electrons. The fourth-order valence-corrected chi connectivity index (χ4v) is 5.07. The van der Waals surface area contributed by atoms with Crippen molar-refractivity contribution in [3.05, 3.63) is 67.7 Å². The van der Waals surface area contributed by atoms with Gasteiger partial charge < -0.3 is 9.47 Å². The number of benzene rings is 2. The van der Waals surface area contributed by atoms with Crippen LogP contribution in [0.25, 0.3) is 0 Å². The molecule has 12 heteroatoms. The van der Waals surface area contributed by atoms with E-state index in [0.717, 1.165) is 12.1 Å². The first kappa shape index (κ1) is 22.4. The topological polar surface area (TPSA) is 116 Å². The van der Waals surface area contributed by atoms with Crippen molar-refractivity contribution in [3.63, 3.8) is 0 Å². The van der Waals surface area contributed by atoms with Gasteiger partial charge in [0.2, 0.25) is 10.0 Å². The highest BCUT2D eigenvalue weighted by atomic mass is 35.5. The standard InChI is InChI=1S/C18H16Cl2N2O7S/c19-14-10-15(20)17(30(26,27)21-5-7-28-8-6-21)9-13(14)18(23)29-11-12-3-1-2-4-16(12)22(24)25/h1-4,9-10H,5-8,11H2. The number of ether oxygens (including phenoxy) is 2. The van der Waals surface area contributed by atoms with Gasteiger partial charge in [0.05, 0.1) is 39.3 Å². The lowest BCUT2D eigenvalue weighted by molar-refractivity contribution is -0.385. The number of morpholine rings is 1. The van der Waals surface area contributed by atoms with Gasteiger partial charge >= 0.3 is 5.97 Å². The third kappa shape index (κ3) is 4.73. The third-order valence-electron chi connectivity index (χ3n) is 4.38. The summed E-state index contributed by atoms with van der Waals surface area (Å²) in [7, 11) is -3.98. The van der Waals surface area contributed by atoms with E-state index < -0.39 is 20.9 Å². The number of nitro benzene ring substituents is 1. The Hall–Kier alpha value is -2.24. The second kappa shape index (κ2) is 9.27. The van der Waals surface area contributed by atoms with Crippen molar-refractivity contribution in [1.29, 1.82) is 0 Å². The average Bonchev–Trinajstić information content (AvgIpc) is 2.72.